The first-order valence-electron chi connectivity index (χ1n) is 9.06. The van der Waals surface area contributed by atoms with E-state index in [4.69, 9.17) is 24.7 Å². The highest BCUT2D eigenvalue weighted by atomic mass is 79.9. The van der Waals surface area contributed by atoms with Crippen LogP contribution >= 0.6 is 15.9 Å². The molecule has 0 aromatic heterocycles. The first-order valence-corrected chi connectivity index (χ1v) is 9.86. The number of nitrogens with two attached hydrogens (primary N) is 1. The van der Waals surface area contributed by atoms with E-state index in [1.54, 1.807) is 30.3 Å². The molecule has 0 radical (unpaired) electrons. The van der Waals surface area contributed by atoms with E-state index < -0.39 is 17.9 Å². The lowest BCUT2D eigenvalue weighted by Gasteiger charge is -2.24. The summed E-state index contributed by atoms with van der Waals surface area (Å²) >= 11 is 3.37. The van der Waals surface area contributed by atoms with Crippen LogP contribution in [0.25, 0.3) is 0 Å². The van der Waals surface area contributed by atoms with Crippen molar-refractivity contribution in [3.05, 3.63) is 46.4 Å². The topological polar surface area (TPSA) is 121 Å². The van der Waals surface area contributed by atoms with Gasteiger partial charge in [-0.1, -0.05) is 12.1 Å². The van der Waals surface area contributed by atoms with Crippen LogP contribution in [0.15, 0.2) is 46.0 Å². The molecular weight excluding hydrogens is 458 g/mol. The first-order chi connectivity index (χ1) is 14.5. The Morgan fingerprint density at radius 2 is 2.07 bits per heavy atom. The molecule has 0 aliphatic carbocycles. The highest BCUT2D eigenvalue weighted by Gasteiger charge is 2.27. The monoisotopic (exact) mass is 477 g/mol. The van der Waals surface area contributed by atoms with Crippen LogP contribution in [0.1, 0.15) is 12.5 Å². The van der Waals surface area contributed by atoms with E-state index in [-0.39, 0.29) is 13.2 Å². The Morgan fingerprint density at radius 3 is 2.80 bits per heavy atom. The Morgan fingerprint density at radius 1 is 1.30 bits per heavy atom. The highest BCUT2D eigenvalue weighted by molar-refractivity contribution is 9.10. The molecule has 1 heterocycles. The predicted octanol–water partition coefficient (Wildman–Crippen LogP) is 2.00. The number of carbonyl (C=O) groups excluding carboxylic acids is 2. The number of primary amides is 1. The third kappa shape index (κ3) is 5.41. The minimum absolute atomic E-state index is 0.0876. The van der Waals surface area contributed by atoms with E-state index in [2.05, 4.69) is 26.5 Å². The predicted molar refractivity (Wildman–Crippen MR) is 112 cm³/mol. The van der Waals surface area contributed by atoms with Crippen LogP contribution in [-0.4, -0.2) is 44.0 Å². The zero-order valence-corrected chi connectivity index (χ0v) is 17.7. The van der Waals surface area contributed by atoms with Crippen molar-refractivity contribution in [2.75, 3.05) is 19.8 Å². The minimum atomic E-state index is -0.813. The lowest BCUT2D eigenvalue weighted by atomic mass is 10.2. The molecule has 2 amide bonds. The molecule has 3 rings (SSSR count). The fourth-order valence-corrected chi connectivity index (χ4v) is 3.17. The molecule has 3 N–H and O–H groups in total. The number of hydrazone groups is 1. The van der Waals surface area contributed by atoms with E-state index in [1.807, 2.05) is 13.0 Å². The minimum Gasteiger partial charge on any atom is -0.490 e. The number of amides is 2. The van der Waals surface area contributed by atoms with Gasteiger partial charge in [0.2, 0.25) is 6.10 Å². The van der Waals surface area contributed by atoms with E-state index in [0.29, 0.717) is 39.6 Å². The molecule has 1 atom stereocenters. The summed E-state index contributed by atoms with van der Waals surface area (Å²) < 4.78 is 22.7. The molecule has 30 heavy (non-hydrogen) atoms. The Hall–Kier alpha value is -3.27. The first kappa shape index (κ1) is 21.4. The average molecular weight is 478 g/mol. The van der Waals surface area contributed by atoms with E-state index >= 15 is 0 Å². The quantitative estimate of drug-likeness (QED) is 0.442. The van der Waals surface area contributed by atoms with Gasteiger partial charge in [-0.25, -0.2) is 5.43 Å². The third-order valence-electron chi connectivity index (χ3n) is 3.88. The van der Waals surface area contributed by atoms with Gasteiger partial charge < -0.3 is 24.7 Å². The van der Waals surface area contributed by atoms with Gasteiger partial charge in [-0.05, 0) is 52.7 Å². The number of para-hydroxylation sites is 2. The second kappa shape index (κ2) is 9.97. The third-order valence-corrected chi connectivity index (χ3v) is 4.47. The summed E-state index contributed by atoms with van der Waals surface area (Å²) in [4.78, 5) is 23.3. The van der Waals surface area contributed by atoms with Gasteiger partial charge in [0.15, 0.2) is 29.6 Å². The summed E-state index contributed by atoms with van der Waals surface area (Å²) in [6.45, 7) is 2.01. The Labute approximate surface area is 181 Å². The van der Waals surface area contributed by atoms with Gasteiger partial charge in [0.1, 0.15) is 6.61 Å². The van der Waals surface area contributed by atoms with Crippen molar-refractivity contribution >= 4 is 34.0 Å². The van der Waals surface area contributed by atoms with Gasteiger partial charge in [-0.15, -0.1) is 0 Å². The molecule has 158 valence electrons. The number of hydrogen-bond donors (Lipinski definition) is 2. The van der Waals surface area contributed by atoms with Crippen molar-refractivity contribution in [3.8, 4) is 23.0 Å². The SMILES string of the molecule is CCOc1cc(C=NNC(=O)C2COc3ccccc3O2)cc(Br)c1OCC(N)=O. The number of hydrogen-bond acceptors (Lipinski definition) is 7. The molecule has 0 spiro atoms. The number of benzene rings is 2. The number of nitrogens with one attached hydrogen (secondary N) is 1. The second-order valence-electron chi connectivity index (χ2n) is 6.12. The summed E-state index contributed by atoms with van der Waals surface area (Å²) in [6.07, 6.45) is 0.632. The van der Waals surface area contributed by atoms with E-state index in [0.717, 1.165) is 0 Å². The summed E-state index contributed by atoms with van der Waals surface area (Å²) in [5, 5.41) is 3.97. The average Bonchev–Trinajstić information content (AvgIpc) is 2.72. The van der Waals surface area contributed by atoms with E-state index in [9.17, 15) is 9.59 Å². The number of rotatable bonds is 8. The lowest BCUT2D eigenvalue weighted by Crippen LogP contribution is -2.42. The number of carbonyl (C=O) groups is 2. The number of fused-ring (bicyclic) bond motifs is 1. The molecule has 0 saturated heterocycles. The maximum Gasteiger partial charge on any atom is 0.284 e. The van der Waals surface area contributed by atoms with Gasteiger partial charge in [-0.2, -0.15) is 5.10 Å². The van der Waals surface area contributed by atoms with Crippen LogP contribution in [0.5, 0.6) is 23.0 Å². The largest absolute Gasteiger partial charge is 0.490 e. The second-order valence-corrected chi connectivity index (χ2v) is 6.97. The van der Waals surface area contributed by atoms with Gasteiger partial charge in [-0.3, -0.25) is 9.59 Å². The smallest absolute Gasteiger partial charge is 0.284 e. The molecule has 10 heteroatoms. The van der Waals surface area contributed by atoms with Crippen molar-refractivity contribution in [2.24, 2.45) is 10.8 Å². The zero-order valence-electron chi connectivity index (χ0n) is 16.1. The maximum absolute atomic E-state index is 12.3. The fourth-order valence-electron chi connectivity index (χ4n) is 2.60. The molecule has 2 aromatic rings. The van der Waals surface area contributed by atoms with E-state index in [1.165, 1.54) is 6.21 Å². The summed E-state index contributed by atoms with van der Waals surface area (Å²) in [6, 6.07) is 10.5. The van der Waals surface area contributed by atoms with Crippen LogP contribution in [0.4, 0.5) is 0 Å². The van der Waals surface area contributed by atoms with Crippen molar-refractivity contribution in [3.63, 3.8) is 0 Å². The van der Waals surface area contributed by atoms with Crippen molar-refractivity contribution < 1.29 is 28.5 Å². The Kier molecular flexibility index (Phi) is 7.12. The van der Waals surface area contributed by atoms with Gasteiger partial charge in [0.25, 0.3) is 11.8 Å². The van der Waals surface area contributed by atoms with Crippen molar-refractivity contribution in [2.45, 2.75) is 13.0 Å². The normalized spacial score (nSPS) is 14.9. The van der Waals surface area contributed by atoms with Crippen LogP contribution in [0.2, 0.25) is 0 Å². The molecule has 0 saturated carbocycles. The van der Waals surface area contributed by atoms with Gasteiger partial charge >= 0.3 is 0 Å². The van der Waals surface area contributed by atoms with Gasteiger partial charge in [0, 0.05) is 0 Å². The molecule has 0 fully saturated rings. The molecular formula is C20H20BrN3O6. The Balaban J connectivity index is 1.65. The lowest BCUT2D eigenvalue weighted by molar-refractivity contribution is -0.130. The van der Waals surface area contributed by atoms with Crippen LogP contribution in [0, 0.1) is 0 Å². The van der Waals surface area contributed by atoms with Crippen LogP contribution < -0.4 is 30.1 Å². The molecule has 1 aliphatic rings. The van der Waals surface area contributed by atoms with Crippen molar-refractivity contribution in [1.82, 2.24) is 5.43 Å². The summed E-state index contributed by atoms with van der Waals surface area (Å²) in [5.41, 5.74) is 8.19. The highest BCUT2D eigenvalue weighted by Crippen LogP contribution is 2.36. The molecule has 1 aliphatic heterocycles. The Bertz CT molecular complexity index is 966. The standard InChI is InChI=1S/C20H20BrN3O6/c1-2-27-16-8-12(7-13(21)19(16)29-11-18(22)25)9-23-24-20(26)17-10-28-14-5-3-4-6-15(14)30-17/h3-9,17H,2,10-11H2,1H3,(H2,22,25)(H,24,26). The molecule has 1 unspecified atom stereocenters. The van der Waals surface area contributed by atoms with Crippen LogP contribution in [0.3, 0.4) is 0 Å². The van der Waals surface area contributed by atoms with Crippen LogP contribution in [-0.2, 0) is 9.59 Å². The summed E-state index contributed by atoms with van der Waals surface area (Å²) in [7, 11) is 0. The molecule has 9 nitrogen and oxygen atoms in total. The zero-order chi connectivity index (χ0) is 21.5. The number of ether oxygens (including phenoxy) is 4. The van der Waals surface area contributed by atoms with Gasteiger partial charge in [0.05, 0.1) is 17.3 Å². The molecule has 2 aromatic carbocycles. The number of halogens is 1. The molecule has 0 bridgehead atoms. The number of nitrogens with zero attached hydrogens (tertiary/aromatic N) is 1. The van der Waals surface area contributed by atoms with Crippen molar-refractivity contribution in [1.29, 1.82) is 0 Å². The fraction of sp³-hybridized carbons (Fsp3) is 0.250. The summed E-state index contributed by atoms with van der Waals surface area (Å²) in [5.74, 6) is 0.812. The maximum atomic E-state index is 12.3.